The van der Waals surface area contributed by atoms with Gasteiger partial charge in [0.15, 0.2) is 5.15 Å². The van der Waals surface area contributed by atoms with Crippen LogP contribution in [0.15, 0.2) is 12.4 Å². The van der Waals surface area contributed by atoms with E-state index in [1.165, 1.54) is 12.4 Å². The number of aldehydes is 1. The summed E-state index contributed by atoms with van der Waals surface area (Å²) in [6.07, 6.45) is 3.96. The maximum atomic E-state index is 10.0. The molecule has 0 bridgehead atoms. The zero-order valence-corrected chi connectivity index (χ0v) is 5.88. The average Bonchev–Trinajstić information content (AvgIpc) is 1.94. The molecule has 52 valence electrons. The second kappa shape index (κ2) is 3.27. The Hall–Kier alpha value is -0.960. The SMILES string of the molecule is O=CCc1nccnc1Cl. The molecule has 0 amide bonds. The first-order valence-corrected chi connectivity index (χ1v) is 3.11. The minimum Gasteiger partial charge on any atom is -0.303 e. The predicted molar refractivity (Wildman–Crippen MR) is 36.8 cm³/mol. The maximum Gasteiger partial charge on any atom is 0.150 e. The lowest BCUT2D eigenvalue weighted by atomic mass is 10.3. The smallest absolute Gasteiger partial charge is 0.150 e. The summed E-state index contributed by atoms with van der Waals surface area (Å²) in [6.45, 7) is 0. The van der Waals surface area contributed by atoms with Gasteiger partial charge in [0.2, 0.25) is 0 Å². The minimum absolute atomic E-state index is 0.229. The fourth-order valence-corrected chi connectivity index (χ4v) is 0.748. The van der Waals surface area contributed by atoms with Crippen molar-refractivity contribution in [3.8, 4) is 0 Å². The Bertz CT molecular complexity index is 239. The molecular formula is C6H5ClN2O. The fraction of sp³-hybridized carbons (Fsp3) is 0.167. The van der Waals surface area contributed by atoms with E-state index in [-0.39, 0.29) is 6.42 Å². The number of carbonyl (C=O) groups excluding carboxylic acids is 1. The number of rotatable bonds is 2. The van der Waals surface area contributed by atoms with Crippen molar-refractivity contribution in [2.75, 3.05) is 0 Å². The fourth-order valence-electron chi connectivity index (χ4n) is 0.566. The van der Waals surface area contributed by atoms with Crippen LogP contribution in [0, 0.1) is 0 Å². The monoisotopic (exact) mass is 156 g/mol. The Morgan fingerprint density at radius 2 is 2.20 bits per heavy atom. The Balaban J connectivity index is 2.91. The van der Waals surface area contributed by atoms with Crippen molar-refractivity contribution in [2.24, 2.45) is 0 Å². The van der Waals surface area contributed by atoms with Gasteiger partial charge in [-0.15, -0.1) is 0 Å². The molecule has 0 saturated heterocycles. The Morgan fingerprint density at radius 1 is 1.50 bits per heavy atom. The summed E-state index contributed by atoms with van der Waals surface area (Å²) in [7, 11) is 0. The molecule has 0 aromatic carbocycles. The van der Waals surface area contributed by atoms with Gasteiger partial charge in [0.25, 0.3) is 0 Å². The van der Waals surface area contributed by atoms with E-state index in [0.29, 0.717) is 10.8 Å². The van der Waals surface area contributed by atoms with Gasteiger partial charge in [-0.25, -0.2) is 4.98 Å². The third kappa shape index (κ3) is 1.51. The highest BCUT2D eigenvalue weighted by molar-refractivity contribution is 6.30. The molecule has 0 aliphatic rings. The van der Waals surface area contributed by atoms with Crippen LogP contribution in [0.1, 0.15) is 5.69 Å². The molecule has 0 N–H and O–H groups in total. The first kappa shape index (κ1) is 7.15. The van der Waals surface area contributed by atoms with E-state index in [2.05, 4.69) is 9.97 Å². The van der Waals surface area contributed by atoms with Gasteiger partial charge in [-0.05, 0) is 0 Å². The van der Waals surface area contributed by atoms with E-state index in [1.807, 2.05) is 0 Å². The summed E-state index contributed by atoms with van der Waals surface area (Å²) >= 11 is 5.57. The highest BCUT2D eigenvalue weighted by atomic mass is 35.5. The van der Waals surface area contributed by atoms with Crippen LogP contribution in [0.25, 0.3) is 0 Å². The van der Waals surface area contributed by atoms with Crippen molar-refractivity contribution >= 4 is 17.9 Å². The summed E-state index contributed by atoms with van der Waals surface area (Å²) in [6, 6.07) is 0. The standard InChI is InChI=1S/C6H5ClN2O/c7-6-5(1-4-10)8-2-3-9-6/h2-4H,1H2. The number of hydrogen-bond donors (Lipinski definition) is 0. The second-order valence-electron chi connectivity index (χ2n) is 1.66. The summed E-state index contributed by atoms with van der Waals surface area (Å²) in [5.41, 5.74) is 0.527. The van der Waals surface area contributed by atoms with Gasteiger partial charge < -0.3 is 4.79 Å². The van der Waals surface area contributed by atoms with Crippen molar-refractivity contribution in [2.45, 2.75) is 6.42 Å². The van der Waals surface area contributed by atoms with Crippen LogP contribution in [-0.4, -0.2) is 16.3 Å². The number of hydrogen-bond acceptors (Lipinski definition) is 3. The normalized spacial score (nSPS) is 9.30. The summed E-state index contributed by atoms with van der Waals surface area (Å²) in [5.74, 6) is 0. The first-order valence-electron chi connectivity index (χ1n) is 2.73. The van der Waals surface area contributed by atoms with E-state index in [0.717, 1.165) is 6.29 Å². The molecule has 1 rings (SSSR count). The quantitative estimate of drug-likeness (QED) is 0.597. The van der Waals surface area contributed by atoms with E-state index >= 15 is 0 Å². The van der Waals surface area contributed by atoms with E-state index in [1.54, 1.807) is 0 Å². The Kier molecular flexibility index (Phi) is 2.34. The number of halogens is 1. The zero-order chi connectivity index (χ0) is 7.40. The predicted octanol–water partition coefficient (Wildman–Crippen LogP) is 0.871. The molecule has 1 heterocycles. The molecule has 0 fully saturated rings. The van der Waals surface area contributed by atoms with Gasteiger partial charge in [-0.1, -0.05) is 11.6 Å². The lowest BCUT2D eigenvalue weighted by molar-refractivity contribution is -0.107. The molecule has 0 spiro atoms. The van der Waals surface area contributed by atoms with E-state index in [4.69, 9.17) is 11.6 Å². The minimum atomic E-state index is 0.229. The maximum absolute atomic E-state index is 10.0. The van der Waals surface area contributed by atoms with E-state index < -0.39 is 0 Å². The van der Waals surface area contributed by atoms with Crippen molar-refractivity contribution in [1.82, 2.24) is 9.97 Å². The van der Waals surface area contributed by atoms with E-state index in [9.17, 15) is 4.79 Å². The van der Waals surface area contributed by atoms with Gasteiger partial charge in [0.05, 0.1) is 5.69 Å². The Morgan fingerprint density at radius 3 is 2.80 bits per heavy atom. The molecule has 0 radical (unpaired) electrons. The molecule has 0 saturated carbocycles. The van der Waals surface area contributed by atoms with Crippen LogP contribution in [0.2, 0.25) is 5.15 Å². The number of aromatic nitrogens is 2. The van der Waals surface area contributed by atoms with Crippen molar-refractivity contribution in [3.63, 3.8) is 0 Å². The molecule has 0 atom stereocenters. The van der Waals surface area contributed by atoms with Crippen LogP contribution < -0.4 is 0 Å². The molecule has 3 nitrogen and oxygen atoms in total. The van der Waals surface area contributed by atoms with Crippen LogP contribution in [0.3, 0.4) is 0 Å². The molecule has 4 heteroatoms. The molecule has 0 aliphatic heterocycles. The van der Waals surface area contributed by atoms with Crippen LogP contribution in [0.5, 0.6) is 0 Å². The topological polar surface area (TPSA) is 42.9 Å². The summed E-state index contributed by atoms with van der Waals surface area (Å²) in [4.78, 5) is 17.6. The number of nitrogens with zero attached hydrogens (tertiary/aromatic N) is 2. The van der Waals surface area contributed by atoms with Gasteiger partial charge in [-0.2, -0.15) is 0 Å². The Labute approximate surface area is 63.1 Å². The molecule has 1 aromatic heterocycles. The van der Waals surface area contributed by atoms with Crippen LogP contribution in [-0.2, 0) is 11.2 Å². The molecule has 0 aliphatic carbocycles. The molecular weight excluding hydrogens is 152 g/mol. The first-order chi connectivity index (χ1) is 4.84. The lowest BCUT2D eigenvalue weighted by Crippen LogP contribution is -1.92. The third-order valence-corrected chi connectivity index (χ3v) is 1.32. The van der Waals surface area contributed by atoms with Crippen molar-refractivity contribution < 1.29 is 4.79 Å². The lowest BCUT2D eigenvalue weighted by Gasteiger charge is -1.93. The zero-order valence-electron chi connectivity index (χ0n) is 5.12. The highest BCUT2D eigenvalue weighted by Gasteiger charge is 1.98. The van der Waals surface area contributed by atoms with Gasteiger partial charge in [0, 0.05) is 18.8 Å². The molecule has 10 heavy (non-hydrogen) atoms. The highest BCUT2D eigenvalue weighted by Crippen LogP contribution is 2.07. The van der Waals surface area contributed by atoms with Crippen LogP contribution in [0.4, 0.5) is 0 Å². The second-order valence-corrected chi connectivity index (χ2v) is 2.02. The summed E-state index contributed by atoms with van der Waals surface area (Å²) < 4.78 is 0. The molecule has 0 unspecified atom stereocenters. The average molecular weight is 157 g/mol. The number of carbonyl (C=O) groups is 1. The van der Waals surface area contributed by atoms with Gasteiger partial charge >= 0.3 is 0 Å². The summed E-state index contributed by atoms with van der Waals surface area (Å²) in [5, 5.41) is 0.301. The third-order valence-electron chi connectivity index (χ3n) is 1.000. The van der Waals surface area contributed by atoms with Crippen molar-refractivity contribution in [1.29, 1.82) is 0 Å². The van der Waals surface area contributed by atoms with Gasteiger partial charge in [0.1, 0.15) is 6.29 Å². The van der Waals surface area contributed by atoms with Crippen LogP contribution >= 0.6 is 11.6 Å². The van der Waals surface area contributed by atoms with Crippen molar-refractivity contribution in [3.05, 3.63) is 23.2 Å². The largest absolute Gasteiger partial charge is 0.303 e. The van der Waals surface area contributed by atoms with Gasteiger partial charge in [-0.3, -0.25) is 4.98 Å². The molecule has 1 aromatic rings.